The minimum Gasteiger partial charge on any atom is -0.496 e. The summed E-state index contributed by atoms with van der Waals surface area (Å²) in [6, 6.07) is 6.06. The molecule has 1 aromatic heterocycles. The molecule has 0 fully saturated rings. The number of ether oxygens (including phenoxy) is 1. The molecule has 0 spiro atoms. The lowest BCUT2D eigenvalue weighted by Crippen LogP contribution is -2.05. The van der Waals surface area contributed by atoms with Crippen molar-refractivity contribution in [2.75, 3.05) is 12.8 Å². The number of nitrogens with zero attached hydrogens (tertiary/aromatic N) is 2. The number of aryl methyl sites for hydroxylation is 2. The van der Waals surface area contributed by atoms with Gasteiger partial charge in [-0.25, -0.2) is 9.97 Å². The van der Waals surface area contributed by atoms with Crippen LogP contribution in [0.1, 0.15) is 30.3 Å². The van der Waals surface area contributed by atoms with Crippen LogP contribution in [0, 0.1) is 13.8 Å². The van der Waals surface area contributed by atoms with Crippen LogP contribution in [0.2, 0.25) is 0 Å². The average Bonchev–Trinajstić information content (AvgIpc) is 2.43. The van der Waals surface area contributed by atoms with E-state index in [2.05, 4.69) is 29.9 Å². The molecule has 2 N–H and O–H groups in total. The molecule has 2 rings (SSSR count). The van der Waals surface area contributed by atoms with Crippen LogP contribution in [0.15, 0.2) is 18.2 Å². The molecule has 0 aliphatic carbocycles. The number of methoxy groups -OCH3 is 1. The summed E-state index contributed by atoms with van der Waals surface area (Å²) in [4.78, 5) is 9.02. The van der Waals surface area contributed by atoms with E-state index >= 15 is 0 Å². The van der Waals surface area contributed by atoms with Crippen LogP contribution in [-0.4, -0.2) is 17.1 Å². The Labute approximate surface area is 120 Å². The molecule has 0 saturated heterocycles. The molecule has 0 aliphatic heterocycles. The second-order valence-corrected chi connectivity index (χ2v) is 4.95. The maximum atomic E-state index is 6.03. The normalized spacial score (nSPS) is 10.6. The van der Waals surface area contributed by atoms with E-state index in [0.29, 0.717) is 5.82 Å². The lowest BCUT2D eigenvalue weighted by atomic mass is 10.0. The molecule has 20 heavy (non-hydrogen) atoms. The lowest BCUT2D eigenvalue weighted by Gasteiger charge is -2.13. The molecule has 0 aliphatic rings. The third-order valence-corrected chi connectivity index (χ3v) is 3.31. The molecule has 2 aromatic rings. The van der Waals surface area contributed by atoms with E-state index in [4.69, 9.17) is 10.5 Å². The first-order chi connectivity index (χ1) is 9.56. The molecule has 106 valence electrons. The number of nitrogens with two attached hydrogens (primary N) is 1. The molecule has 1 heterocycles. The van der Waals surface area contributed by atoms with E-state index < -0.39 is 0 Å². The summed E-state index contributed by atoms with van der Waals surface area (Å²) >= 11 is 0. The highest BCUT2D eigenvalue weighted by Crippen LogP contribution is 2.33. The Bertz CT molecular complexity index is 623. The number of aromatic nitrogens is 2. The predicted molar refractivity (Wildman–Crippen MR) is 81.9 cm³/mol. The van der Waals surface area contributed by atoms with Crippen molar-refractivity contribution in [1.29, 1.82) is 0 Å². The summed E-state index contributed by atoms with van der Waals surface area (Å²) in [6.07, 6.45) is 1.82. The number of hydrogen-bond donors (Lipinski definition) is 1. The van der Waals surface area contributed by atoms with Crippen LogP contribution in [0.4, 0.5) is 5.82 Å². The molecule has 0 atom stereocenters. The van der Waals surface area contributed by atoms with Crippen molar-refractivity contribution in [3.63, 3.8) is 0 Å². The van der Waals surface area contributed by atoms with Gasteiger partial charge in [-0.3, -0.25) is 0 Å². The second kappa shape index (κ2) is 5.90. The Kier molecular flexibility index (Phi) is 4.23. The van der Waals surface area contributed by atoms with Crippen LogP contribution in [-0.2, 0) is 6.42 Å². The van der Waals surface area contributed by atoms with Gasteiger partial charge in [0.15, 0.2) is 0 Å². The first kappa shape index (κ1) is 14.3. The zero-order valence-corrected chi connectivity index (χ0v) is 12.5. The van der Waals surface area contributed by atoms with Crippen molar-refractivity contribution < 1.29 is 4.74 Å². The summed E-state index contributed by atoms with van der Waals surface area (Å²) < 4.78 is 5.45. The fraction of sp³-hybridized carbons (Fsp3) is 0.375. The van der Waals surface area contributed by atoms with Crippen molar-refractivity contribution in [3.05, 3.63) is 35.2 Å². The molecular weight excluding hydrogens is 250 g/mol. The number of hydrogen-bond acceptors (Lipinski definition) is 4. The smallest absolute Gasteiger partial charge is 0.131 e. The van der Waals surface area contributed by atoms with E-state index in [9.17, 15) is 0 Å². The molecule has 0 saturated carbocycles. The van der Waals surface area contributed by atoms with Crippen molar-refractivity contribution >= 4 is 5.82 Å². The fourth-order valence-electron chi connectivity index (χ4n) is 2.19. The fourth-order valence-corrected chi connectivity index (χ4v) is 2.19. The monoisotopic (exact) mass is 271 g/mol. The Balaban J connectivity index is 2.65. The number of benzene rings is 1. The minimum absolute atomic E-state index is 0.544. The van der Waals surface area contributed by atoms with Crippen LogP contribution in [0.3, 0.4) is 0 Å². The van der Waals surface area contributed by atoms with Gasteiger partial charge in [-0.15, -0.1) is 0 Å². The summed E-state index contributed by atoms with van der Waals surface area (Å²) in [7, 11) is 1.67. The molecule has 0 amide bonds. The van der Waals surface area contributed by atoms with E-state index in [1.807, 2.05) is 19.1 Å². The summed E-state index contributed by atoms with van der Waals surface area (Å²) in [6.45, 7) is 6.10. The Hall–Kier alpha value is -2.10. The maximum Gasteiger partial charge on any atom is 0.131 e. The number of anilines is 1. The van der Waals surface area contributed by atoms with Gasteiger partial charge in [0.25, 0.3) is 0 Å². The number of nitrogen functional groups attached to an aromatic ring is 1. The highest BCUT2D eigenvalue weighted by atomic mass is 16.5. The zero-order valence-electron chi connectivity index (χ0n) is 12.5. The largest absolute Gasteiger partial charge is 0.496 e. The van der Waals surface area contributed by atoms with E-state index in [1.54, 1.807) is 7.11 Å². The third-order valence-electron chi connectivity index (χ3n) is 3.31. The molecule has 0 unspecified atom stereocenters. The molecule has 4 heteroatoms. The van der Waals surface area contributed by atoms with Gasteiger partial charge < -0.3 is 10.5 Å². The van der Waals surface area contributed by atoms with Gasteiger partial charge in [0.1, 0.15) is 17.4 Å². The molecule has 1 aromatic carbocycles. The summed E-state index contributed by atoms with van der Waals surface area (Å²) in [5.41, 5.74) is 9.92. The van der Waals surface area contributed by atoms with Crippen LogP contribution < -0.4 is 10.5 Å². The Morgan fingerprint density at radius 3 is 2.60 bits per heavy atom. The summed E-state index contributed by atoms with van der Waals surface area (Å²) in [5.74, 6) is 2.13. The quantitative estimate of drug-likeness (QED) is 0.926. The van der Waals surface area contributed by atoms with Gasteiger partial charge in [0.2, 0.25) is 0 Å². The highest BCUT2D eigenvalue weighted by molar-refractivity contribution is 5.73. The van der Waals surface area contributed by atoms with Gasteiger partial charge in [-0.2, -0.15) is 0 Å². The van der Waals surface area contributed by atoms with Crippen LogP contribution in [0.25, 0.3) is 11.3 Å². The molecule has 4 nitrogen and oxygen atoms in total. The standard InChI is InChI=1S/C16H21N3O/c1-5-6-14-18-15(11(3)16(17)19-14)12-9-10(2)7-8-13(12)20-4/h7-9H,5-6H2,1-4H3,(H2,17,18,19). The zero-order chi connectivity index (χ0) is 14.7. The van der Waals surface area contributed by atoms with E-state index in [1.165, 1.54) is 0 Å². The van der Waals surface area contributed by atoms with Crippen molar-refractivity contribution in [2.24, 2.45) is 0 Å². The Morgan fingerprint density at radius 1 is 1.20 bits per heavy atom. The first-order valence-corrected chi connectivity index (χ1v) is 6.84. The highest BCUT2D eigenvalue weighted by Gasteiger charge is 2.14. The second-order valence-electron chi connectivity index (χ2n) is 4.95. The first-order valence-electron chi connectivity index (χ1n) is 6.84. The van der Waals surface area contributed by atoms with Crippen molar-refractivity contribution in [1.82, 2.24) is 9.97 Å². The molecule has 0 bridgehead atoms. The Morgan fingerprint density at radius 2 is 1.95 bits per heavy atom. The van der Waals surface area contributed by atoms with Crippen LogP contribution >= 0.6 is 0 Å². The van der Waals surface area contributed by atoms with Gasteiger partial charge in [-0.1, -0.05) is 18.6 Å². The maximum absolute atomic E-state index is 6.03. The van der Waals surface area contributed by atoms with Gasteiger partial charge in [-0.05, 0) is 32.4 Å². The van der Waals surface area contributed by atoms with Gasteiger partial charge in [0, 0.05) is 17.5 Å². The summed E-state index contributed by atoms with van der Waals surface area (Å²) in [5, 5.41) is 0. The SMILES string of the molecule is CCCc1nc(N)c(C)c(-c2cc(C)ccc2OC)n1. The van der Waals surface area contributed by atoms with Crippen LogP contribution in [0.5, 0.6) is 5.75 Å². The predicted octanol–water partition coefficient (Wildman–Crippen LogP) is 3.30. The lowest BCUT2D eigenvalue weighted by molar-refractivity contribution is 0.416. The molecule has 0 radical (unpaired) electrons. The van der Waals surface area contributed by atoms with E-state index in [0.717, 1.165) is 46.8 Å². The topological polar surface area (TPSA) is 61.0 Å². The average molecular weight is 271 g/mol. The third kappa shape index (κ3) is 2.74. The minimum atomic E-state index is 0.544. The van der Waals surface area contributed by atoms with E-state index in [-0.39, 0.29) is 0 Å². The molecular formula is C16H21N3O. The number of rotatable bonds is 4. The van der Waals surface area contributed by atoms with Gasteiger partial charge >= 0.3 is 0 Å². The van der Waals surface area contributed by atoms with Crippen molar-refractivity contribution in [3.8, 4) is 17.0 Å². The van der Waals surface area contributed by atoms with Gasteiger partial charge in [0.05, 0.1) is 12.8 Å². The van der Waals surface area contributed by atoms with Crippen molar-refractivity contribution in [2.45, 2.75) is 33.6 Å².